The molecule has 0 aromatic rings. The average Bonchev–Trinajstić information content (AvgIpc) is 2.52. The van der Waals surface area contributed by atoms with Crippen LogP contribution < -0.4 is 0 Å². The fraction of sp³-hybridized carbons (Fsp3) is 0.647. The lowest BCUT2D eigenvalue weighted by atomic mass is 9.91. The van der Waals surface area contributed by atoms with E-state index in [1.54, 1.807) is 4.90 Å². The summed E-state index contributed by atoms with van der Waals surface area (Å²) in [4.78, 5) is 25.6. The van der Waals surface area contributed by atoms with Gasteiger partial charge in [-0.05, 0) is 44.8 Å². The molecule has 6 nitrogen and oxygen atoms in total. The van der Waals surface area contributed by atoms with Gasteiger partial charge in [0, 0.05) is 13.1 Å². The van der Waals surface area contributed by atoms with Crippen molar-refractivity contribution in [2.75, 3.05) is 33.4 Å². The van der Waals surface area contributed by atoms with Crippen LogP contribution in [0.2, 0.25) is 0 Å². The van der Waals surface area contributed by atoms with Crippen molar-refractivity contribution in [3.05, 3.63) is 22.8 Å². The van der Waals surface area contributed by atoms with E-state index in [0.717, 1.165) is 11.1 Å². The standard InChI is InChI=1S/C17H25NO5/c1-17(2,3)23-16(20)18-8-5-12(6-9-18)13-7-10-22-11-14(13)15(19)21-4/h5H,6-11H2,1-4H3. The molecule has 2 aliphatic rings. The summed E-state index contributed by atoms with van der Waals surface area (Å²) in [6, 6.07) is 0. The van der Waals surface area contributed by atoms with Crippen LogP contribution in [-0.4, -0.2) is 56.0 Å². The lowest BCUT2D eigenvalue weighted by molar-refractivity contribution is -0.137. The first kappa shape index (κ1) is 17.5. The number of nitrogens with zero attached hydrogens (tertiary/aromatic N) is 1. The van der Waals surface area contributed by atoms with Crippen molar-refractivity contribution in [3.8, 4) is 0 Å². The highest BCUT2D eigenvalue weighted by Crippen LogP contribution is 2.28. The Hall–Kier alpha value is -1.82. The van der Waals surface area contributed by atoms with Gasteiger partial charge in [-0.2, -0.15) is 0 Å². The number of carbonyl (C=O) groups is 2. The number of carbonyl (C=O) groups excluding carboxylic acids is 2. The van der Waals surface area contributed by atoms with Gasteiger partial charge in [-0.15, -0.1) is 0 Å². The molecule has 0 aromatic carbocycles. The molecular weight excluding hydrogens is 298 g/mol. The van der Waals surface area contributed by atoms with Crippen molar-refractivity contribution in [3.63, 3.8) is 0 Å². The summed E-state index contributed by atoms with van der Waals surface area (Å²) in [7, 11) is 1.38. The molecule has 0 radical (unpaired) electrons. The zero-order valence-corrected chi connectivity index (χ0v) is 14.3. The molecule has 23 heavy (non-hydrogen) atoms. The molecule has 128 valence electrons. The minimum absolute atomic E-state index is 0.287. The van der Waals surface area contributed by atoms with Gasteiger partial charge >= 0.3 is 12.1 Å². The molecule has 2 aliphatic heterocycles. The molecule has 2 heterocycles. The molecule has 2 rings (SSSR count). The Kier molecular flexibility index (Phi) is 5.46. The minimum Gasteiger partial charge on any atom is -0.466 e. The normalized spacial score (nSPS) is 19.3. The molecule has 0 spiro atoms. The topological polar surface area (TPSA) is 65.1 Å². The number of hydrogen-bond donors (Lipinski definition) is 0. The van der Waals surface area contributed by atoms with E-state index in [1.165, 1.54) is 7.11 Å². The van der Waals surface area contributed by atoms with Crippen molar-refractivity contribution in [2.24, 2.45) is 0 Å². The van der Waals surface area contributed by atoms with Gasteiger partial charge < -0.3 is 19.1 Å². The van der Waals surface area contributed by atoms with Gasteiger partial charge in [0.05, 0.1) is 25.9 Å². The number of methoxy groups -OCH3 is 1. The van der Waals surface area contributed by atoms with E-state index in [2.05, 4.69) is 0 Å². The molecule has 0 aromatic heterocycles. The Morgan fingerprint density at radius 2 is 2.00 bits per heavy atom. The van der Waals surface area contributed by atoms with Crippen LogP contribution in [0.25, 0.3) is 0 Å². The second-order valence-corrected chi connectivity index (χ2v) is 6.66. The van der Waals surface area contributed by atoms with E-state index in [-0.39, 0.29) is 18.7 Å². The Balaban J connectivity index is 2.10. The predicted molar refractivity (Wildman–Crippen MR) is 85.0 cm³/mol. The van der Waals surface area contributed by atoms with Crippen LogP contribution in [0.1, 0.15) is 33.6 Å². The first-order valence-corrected chi connectivity index (χ1v) is 7.87. The Morgan fingerprint density at radius 3 is 2.57 bits per heavy atom. The predicted octanol–water partition coefficient (Wildman–Crippen LogP) is 2.44. The summed E-state index contributed by atoms with van der Waals surface area (Å²) in [5, 5.41) is 0. The molecule has 0 aliphatic carbocycles. The first-order valence-electron chi connectivity index (χ1n) is 7.87. The lowest BCUT2D eigenvalue weighted by Gasteiger charge is -2.31. The number of esters is 1. The summed E-state index contributed by atoms with van der Waals surface area (Å²) in [5.41, 5.74) is 2.21. The fourth-order valence-corrected chi connectivity index (χ4v) is 2.68. The molecule has 0 bridgehead atoms. The molecule has 0 saturated heterocycles. The smallest absolute Gasteiger partial charge is 0.410 e. The summed E-state index contributed by atoms with van der Waals surface area (Å²) in [5.74, 6) is -0.338. The Morgan fingerprint density at radius 1 is 1.26 bits per heavy atom. The van der Waals surface area contributed by atoms with E-state index < -0.39 is 5.60 Å². The van der Waals surface area contributed by atoms with E-state index in [4.69, 9.17) is 14.2 Å². The van der Waals surface area contributed by atoms with Gasteiger partial charge in [-0.1, -0.05) is 6.08 Å². The van der Waals surface area contributed by atoms with Gasteiger partial charge in [0.25, 0.3) is 0 Å². The van der Waals surface area contributed by atoms with Crippen molar-refractivity contribution in [1.82, 2.24) is 4.90 Å². The highest BCUT2D eigenvalue weighted by Gasteiger charge is 2.27. The molecule has 0 unspecified atom stereocenters. The zero-order valence-electron chi connectivity index (χ0n) is 14.3. The SMILES string of the molecule is COC(=O)C1=C(C2=CCN(C(=O)OC(C)(C)C)CC2)CCOC1. The van der Waals surface area contributed by atoms with Gasteiger partial charge in [0.2, 0.25) is 0 Å². The van der Waals surface area contributed by atoms with Crippen LogP contribution in [0.3, 0.4) is 0 Å². The molecule has 0 N–H and O–H groups in total. The Bertz CT molecular complexity index is 542. The monoisotopic (exact) mass is 323 g/mol. The quantitative estimate of drug-likeness (QED) is 0.730. The fourth-order valence-electron chi connectivity index (χ4n) is 2.68. The number of rotatable bonds is 2. The van der Waals surface area contributed by atoms with Gasteiger partial charge in [-0.3, -0.25) is 0 Å². The number of ether oxygens (including phenoxy) is 3. The third-order valence-corrected chi connectivity index (χ3v) is 3.79. The Labute approximate surface area is 137 Å². The van der Waals surface area contributed by atoms with Crippen molar-refractivity contribution >= 4 is 12.1 Å². The van der Waals surface area contributed by atoms with Crippen LogP contribution in [0, 0.1) is 0 Å². The zero-order chi connectivity index (χ0) is 17.0. The van der Waals surface area contributed by atoms with Crippen LogP contribution >= 0.6 is 0 Å². The van der Waals surface area contributed by atoms with Crippen molar-refractivity contribution in [1.29, 1.82) is 0 Å². The molecule has 0 fully saturated rings. The maximum Gasteiger partial charge on any atom is 0.410 e. The number of amides is 1. The van der Waals surface area contributed by atoms with Gasteiger partial charge in [0.15, 0.2) is 0 Å². The van der Waals surface area contributed by atoms with E-state index in [0.29, 0.717) is 38.1 Å². The van der Waals surface area contributed by atoms with Crippen molar-refractivity contribution in [2.45, 2.75) is 39.2 Å². The summed E-state index contributed by atoms with van der Waals surface area (Å²) >= 11 is 0. The van der Waals surface area contributed by atoms with Gasteiger partial charge in [0.1, 0.15) is 5.60 Å². The van der Waals surface area contributed by atoms with Gasteiger partial charge in [-0.25, -0.2) is 9.59 Å². The van der Waals surface area contributed by atoms with Crippen LogP contribution in [0.4, 0.5) is 4.79 Å². The largest absolute Gasteiger partial charge is 0.466 e. The second kappa shape index (κ2) is 7.17. The summed E-state index contributed by atoms with van der Waals surface area (Å²) in [6.07, 6.45) is 3.09. The maximum atomic E-state index is 12.1. The third-order valence-electron chi connectivity index (χ3n) is 3.79. The lowest BCUT2D eigenvalue weighted by Crippen LogP contribution is -2.39. The second-order valence-electron chi connectivity index (χ2n) is 6.66. The first-order chi connectivity index (χ1) is 10.8. The average molecular weight is 323 g/mol. The summed E-state index contributed by atoms with van der Waals surface area (Å²) in [6.45, 7) is 7.52. The van der Waals surface area contributed by atoms with Crippen molar-refractivity contribution < 1.29 is 23.8 Å². The molecule has 0 saturated carbocycles. The maximum absolute atomic E-state index is 12.1. The minimum atomic E-state index is -0.498. The van der Waals surface area contributed by atoms with Crippen LogP contribution in [-0.2, 0) is 19.0 Å². The van der Waals surface area contributed by atoms with Crippen LogP contribution in [0.15, 0.2) is 22.8 Å². The highest BCUT2D eigenvalue weighted by atomic mass is 16.6. The molecule has 1 amide bonds. The molecular formula is C17H25NO5. The molecule has 0 atom stereocenters. The number of hydrogen-bond acceptors (Lipinski definition) is 5. The summed E-state index contributed by atoms with van der Waals surface area (Å²) < 4.78 is 15.6. The van der Waals surface area contributed by atoms with Crippen LogP contribution in [0.5, 0.6) is 0 Å². The van der Waals surface area contributed by atoms with E-state index in [9.17, 15) is 9.59 Å². The van der Waals surface area contributed by atoms with E-state index in [1.807, 2.05) is 26.8 Å². The third kappa shape index (κ3) is 4.58. The van der Waals surface area contributed by atoms with E-state index >= 15 is 0 Å². The highest BCUT2D eigenvalue weighted by molar-refractivity contribution is 5.90. The molecule has 6 heteroatoms.